The molecule has 1 N–H and O–H groups in total. The Morgan fingerprint density at radius 1 is 1.16 bits per heavy atom. The van der Waals surface area contributed by atoms with E-state index in [0.717, 1.165) is 16.8 Å². The quantitative estimate of drug-likeness (QED) is 0.701. The van der Waals surface area contributed by atoms with Crippen LogP contribution in [0.1, 0.15) is 17.2 Å². The van der Waals surface area contributed by atoms with Gasteiger partial charge in [-0.05, 0) is 18.2 Å². The van der Waals surface area contributed by atoms with E-state index >= 15 is 0 Å². The highest BCUT2D eigenvalue weighted by molar-refractivity contribution is 5.44. The number of rotatable bonds is 5. The van der Waals surface area contributed by atoms with Crippen molar-refractivity contribution in [2.24, 2.45) is 7.05 Å². The number of aliphatic hydroxyl groups excluding tert-OH is 1. The maximum Gasteiger partial charge on any atom is 0.458 e. The second-order valence-electron chi connectivity index (χ2n) is 6.88. The minimum absolute atomic E-state index is 0.362. The van der Waals surface area contributed by atoms with Crippen molar-refractivity contribution in [3.8, 4) is 11.6 Å². The molecule has 0 unspecified atom stereocenters. The third kappa shape index (κ3) is 3.82. The number of nitrogens with zero attached hydrogens (tertiary/aromatic N) is 2. The molecule has 170 valence electrons. The Bertz CT molecular complexity index is 1020. The molecule has 2 aromatic rings. The van der Waals surface area contributed by atoms with E-state index < -0.39 is 65.7 Å². The van der Waals surface area contributed by atoms with E-state index in [1.807, 2.05) is 0 Å². The Labute approximate surface area is 169 Å². The topological polar surface area (TPSA) is 73.6 Å². The van der Waals surface area contributed by atoms with Crippen molar-refractivity contribution in [2.75, 3.05) is 13.3 Å². The SMILES string of the molecule is Cn1nc(O[C@H]2c3cc(C(F)(F)C(F)(F)F)ccc3OC(CF)(CF)[C@@H]2O)ccc1=O. The minimum atomic E-state index is -5.92. The van der Waals surface area contributed by atoms with Gasteiger partial charge >= 0.3 is 12.1 Å². The van der Waals surface area contributed by atoms with E-state index in [9.17, 15) is 40.6 Å². The van der Waals surface area contributed by atoms with Gasteiger partial charge in [0.15, 0.2) is 11.7 Å². The monoisotopic (exact) mass is 456 g/mol. The predicted octanol–water partition coefficient (Wildman–Crippen LogP) is 2.99. The van der Waals surface area contributed by atoms with Crippen molar-refractivity contribution in [2.45, 2.75) is 29.9 Å². The number of ether oxygens (including phenoxy) is 2. The summed E-state index contributed by atoms with van der Waals surface area (Å²) in [7, 11) is 1.24. The van der Waals surface area contributed by atoms with E-state index in [-0.39, 0.29) is 5.88 Å². The first-order valence-corrected chi connectivity index (χ1v) is 8.65. The van der Waals surface area contributed by atoms with Crippen molar-refractivity contribution < 1.29 is 45.3 Å². The zero-order valence-electron chi connectivity index (χ0n) is 15.7. The van der Waals surface area contributed by atoms with Gasteiger partial charge < -0.3 is 14.6 Å². The van der Waals surface area contributed by atoms with Gasteiger partial charge in [0.25, 0.3) is 5.56 Å². The molecule has 1 aromatic heterocycles. The molecule has 0 fully saturated rings. The van der Waals surface area contributed by atoms with Crippen LogP contribution in [0.25, 0.3) is 0 Å². The largest absolute Gasteiger partial charge is 0.478 e. The van der Waals surface area contributed by atoms with E-state index in [1.165, 1.54) is 7.05 Å². The summed E-state index contributed by atoms with van der Waals surface area (Å²) in [6.45, 7) is -3.13. The molecule has 0 saturated heterocycles. The Balaban J connectivity index is 2.14. The molecule has 31 heavy (non-hydrogen) atoms. The van der Waals surface area contributed by atoms with Crippen LogP contribution in [0, 0.1) is 0 Å². The number of hydrogen-bond acceptors (Lipinski definition) is 5. The van der Waals surface area contributed by atoms with Crippen LogP contribution in [0.2, 0.25) is 0 Å². The highest BCUT2D eigenvalue weighted by atomic mass is 19.4. The van der Waals surface area contributed by atoms with Crippen LogP contribution in [0.4, 0.5) is 30.7 Å². The van der Waals surface area contributed by atoms with Gasteiger partial charge in [-0.3, -0.25) is 4.79 Å². The second kappa shape index (κ2) is 7.70. The maximum absolute atomic E-state index is 13.8. The number of hydrogen-bond donors (Lipinski definition) is 1. The van der Waals surface area contributed by atoms with Crippen LogP contribution in [0.5, 0.6) is 11.6 Å². The Morgan fingerprint density at radius 2 is 1.81 bits per heavy atom. The molecule has 1 aromatic carbocycles. The standard InChI is InChI=1S/C18H15F7N2O4/c1-27-13(28)5-4-12(26-27)30-14-10-6-9(17(21,22)18(23,24)25)2-3-11(10)31-16(7-19,8-20)15(14)29/h2-6,14-15,29H,7-8H2,1H3/t14-,15+/m0/s1. The highest BCUT2D eigenvalue weighted by Gasteiger charge is 2.59. The van der Waals surface area contributed by atoms with Crippen LogP contribution in [0.3, 0.4) is 0 Å². The van der Waals surface area contributed by atoms with Gasteiger partial charge in [0.2, 0.25) is 5.88 Å². The smallest absolute Gasteiger partial charge is 0.458 e. The summed E-state index contributed by atoms with van der Waals surface area (Å²) in [5.74, 6) is -6.09. The molecule has 0 spiro atoms. The first-order valence-electron chi connectivity index (χ1n) is 8.65. The summed E-state index contributed by atoms with van der Waals surface area (Å²) in [6, 6.07) is 3.48. The van der Waals surface area contributed by atoms with Crippen LogP contribution in [-0.2, 0) is 13.0 Å². The predicted molar refractivity (Wildman–Crippen MR) is 90.6 cm³/mol. The number of aryl methyl sites for hydroxylation is 1. The van der Waals surface area contributed by atoms with Gasteiger partial charge in [-0.2, -0.15) is 22.0 Å². The summed E-state index contributed by atoms with van der Waals surface area (Å²) in [5.41, 5.74) is -5.06. The van der Waals surface area contributed by atoms with Crippen molar-refractivity contribution in [3.05, 3.63) is 51.8 Å². The summed E-state index contributed by atoms with van der Waals surface area (Å²) in [4.78, 5) is 11.5. The molecule has 0 amide bonds. The molecule has 0 saturated carbocycles. The number of halogens is 7. The van der Waals surface area contributed by atoms with Crippen LogP contribution in [0.15, 0.2) is 35.1 Å². The molecule has 6 nitrogen and oxygen atoms in total. The number of aliphatic hydroxyl groups is 1. The van der Waals surface area contributed by atoms with Crippen molar-refractivity contribution in [1.29, 1.82) is 0 Å². The first kappa shape index (κ1) is 22.8. The average molecular weight is 456 g/mol. The Morgan fingerprint density at radius 3 is 2.35 bits per heavy atom. The molecule has 1 aliphatic heterocycles. The zero-order valence-corrected chi connectivity index (χ0v) is 15.7. The maximum atomic E-state index is 13.8. The lowest BCUT2D eigenvalue weighted by atomic mass is 9.86. The number of benzene rings is 1. The molecular formula is C18H15F7N2O4. The summed E-state index contributed by atoms with van der Waals surface area (Å²) in [5, 5.41) is 14.2. The summed E-state index contributed by atoms with van der Waals surface area (Å²) in [6.07, 6.45) is -9.93. The van der Waals surface area contributed by atoms with Crippen molar-refractivity contribution >= 4 is 0 Å². The average Bonchev–Trinajstić information content (AvgIpc) is 2.71. The van der Waals surface area contributed by atoms with E-state index in [2.05, 4.69) is 5.10 Å². The Hall–Kier alpha value is -2.83. The lowest BCUT2D eigenvalue weighted by Gasteiger charge is -2.42. The van der Waals surface area contributed by atoms with Gasteiger partial charge in [-0.1, -0.05) is 0 Å². The fourth-order valence-corrected chi connectivity index (χ4v) is 3.00. The number of aromatic nitrogens is 2. The van der Waals surface area contributed by atoms with Crippen LogP contribution in [-0.4, -0.2) is 46.1 Å². The zero-order chi connectivity index (χ0) is 23.2. The molecule has 0 radical (unpaired) electrons. The van der Waals surface area contributed by atoms with Crippen LogP contribution < -0.4 is 15.0 Å². The molecule has 2 atom stereocenters. The van der Waals surface area contributed by atoms with Gasteiger partial charge in [0.05, 0.1) is 0 Å². The molecule has 13 heteroatoms. The normalized spacial score (nSPS) is 20.7. The third-order valence-electron chi connectivity index (χ3n) is 4.81. The molecular weight excluding hydrogens is 441 g/mol. The minimum Gasteiger partial charge on any atom is -0.478 e. The van der Waals surface area contributed by atoms with Gasteiger partial charge in [-0.25, -0.2) is 13.5 Å². The molecule has 0 bridgehead atoms. The van der Waals surface area contributed by atoms with Crippen molar-refractivity contribution in [3.63, 3.8) is 0 Å². The second-order valence-corrected chi connectivity index (χ2v) is 6.88. The summed E-state index contributed by atoms with van der Waals surface area (Å²) < 4.78 is 105. The molecule has 2 heterocycles. The van der Waals surface area contributed by atoms with Gasteiger partial charge in [0, 0.05) is 30.3 Å². The highest BCUT2D eigenvalue weighted by Crippen LogP contribution is 2.48. The third-order valence-corrected chi connectivity index (χ3v) is 4.81. The molecule has 3 rings (SSSR count). The van der Waals surface area contributed by atoms with Gasteiger partial charge in [-0.15, -0.1) is 5.10 Å². The van der Waals surface area contributed by atoms with Crippen LogP contribution >= 0.6 is 0 Å². The molecule has 1 aliphatic rings. The van der Waals surface area contributed by atoms with E-state index in [4.69, 9.17) is 9.47 Å². The van der Waals surface area contributed by atoms with E-state index in [0.29, 0.717) is 18.2 Å². The number of alkyl halides is 7. The van der Waals surface area contributed by atoms with Gasteiger partial charge in [0.1, 0.15) is 25.2 Å². The summed E-state index contributed by atoms with van der Waals surface area (Å²) >= 11 is 0. The number of fused-ring (bicyclic) bond motifs is 1. The van der Waals surface area contributed by atoms with Crippen molar-refractivity contribution in [1.82, 2.24) is 9.78 Å². The fraction of sp³-hybridized carbons (Fsp3) is 0.444. The lowest BCUT2D eigenvalue weighted by Crippen LogP contribution is -2.58. The lowest BCUT2D eigenvalue weighted by molar-refractivity contribution is -0.289. The Kier molecular flexibility index (Phi) is 5.67. The van der Waals surface area contributed by atoms with E-state index in [1.54, 1.807) is 0 Å². The fourth-order valence-electron chi connectivity index (χ4n) is 3.00. The first-order chi connectivity index (χ1) is 14.4. The molecule has 0 aliphatic carbocycles.